The lowest BCUT2D eigenvalue weighted by Crippen LogP contribution is -2.26. The summed E-state index contributed by atoms with van der Waals surface area (Å²) >= 11 is 7.81. The van der Waals surface area contributed by atoms with Crippen LogP contribution in [0.1, 0.15) is 29.9 Å². The molecule has 0 unspecified atom stereocenters. The number of piperidine rings is 1. The van der Waals surface area contributed by atoms with E-state index in [9.17, 15) is 4.39 Å². The van der Waals surface area contributed by atoms with E-state index in [1.807, 2.05) is 0 Å². The topological polar surface area (TPSA) is 12.0 Å². The molecule has 1 N–H and O–H groups in total. The molecule has 3 rings (SSSR count). The van der Waals surface area contributed by atoms with Crippen LogP contribution in [0.3, 0.4) is 0 Å². The molecule has 0 atom stereocenters. The van der Waals surface area contributed by atoms with E-state index in [1.165, 1.54) is 28.2 Å². The number of hydrogen-bond acceptors (Lipinski definition) is 2. The smallest absolute Gasteiger partial charge is 0.124 e. The van der Waals surface area contributed by atoms with Crippen LogP contribution in [0, 0.1) is 12.7 Å². The number of halogens is 2. The summed E-state index contributed by atoms with van der Waals surface area (Å²) in [5.41, 5.74) is 2.68. The van der Waals surface area contributed by atoms with Crippen molar-refractivity contribution in [3.8, 4) is 0 Å². The molecule has 4 heteroatoms. The van der Waals surface area contributed by atoms with E-state index < -0.39 is 0 Å². The number of benzene rings is 2. The second kappa shape index (κ2) is 7.03. The van der Waals surface area contributed by atoms with Gasteiger partial charge in [0.1, 0.15) is 5.82 Å². The highest BCUT2D eigenvalue weighted by atomic mass is 35.5. The van der Waals surface area contributed by atoms with E-state index in [-0.39, 0.29) is 5.82 Å². The van der Waals surface area contributed by atoms with Gasteiger partial charge in [-0.3, -0.25) is 0 Å². The minimum Gasteiger partial charge on any atom is -0.317 e. The number of rotatable bonds is 3. The molecule has 116 valence electrons. The number of aryl methyl sites for hydroxylation is 1. The molecule has 0 bridgehead atoms. The third-order valence-electron chi connectivity index (χ3n) is 4.06. The molecule has 1 aliphatic heterocycles. The monoisotopic (exact) mass is 335 g/mol. The predicted molar refractivity (Wildman–Crippen MR) is 91.6 cm³/mol. The van der Waals surface area contributed by atoms with Gasteiger partial charge in [0.15, 0.2) is 0 Å². The Morgan fingerprint density at radius 2 is 1.82 bits per heavy atom. The largest absolute Gasteiger partial charge is 0.317 e. The first kappa shape index (κ1) is 15.9. The van der Waals surface area contributed by atoms with Gasteiger partial charge < -0.3 is 5.32 Å². The molecule has 0 aliphatic carbocycles. The Labute approximate surface area is 140 Å². The summed E-state index contributed by atoms with van der Waals surface area (Å²) in [5, 5.41) is 3.89. The van der Waals surface area contributed by atoms with E-state index >= 15 is 0 Å². The van der Waals surface area contributed by atoms with E-state index in [4.69, 9.17) is 11.6 Å². The zero-order chi connectivity index (χ0) is 15.5. The van der Waals surface area contributed by atoms with Crippen LogP contribution in [0.4, 0.5) is 4.39 Å². The highest BCUT2D eigenvalue weighted by Gasteiger charge is 2.19. The molecule has 2 aromatic rings. The van der Waals surface area contributed by atoms with Crippen molar-refractivity contribution < 1.29 is 4.39 Å². The van der Waals surface area contributed by atoms with Gasteiger partial charge in [0.05, 0.1) is 5.02 Å². The lowest BCUT2D eigenvalue weighted by atomic mass is 9.89. The Kier molecular flexibility index (Phi) is 5.07. The van der Waals surface area contributed by atoms with Crippen LogP contribution in [0.2, 0.25) is 5.02 Å². The molecule has 1 fully saturated rings. The molecule has 0 amide bonds. The molecule has 1 heterocycles. The minimum absolute atomic E-state index is 0.295. The molecule has 0 spiro atoms. The SMILES string of the molecule is Cc1ccc(Sc2ccc(F)cc2Cl)c(C2CCNCC2)c1. The van der Waals surface area contributed by atoms with Crippen molar-refractivity contribution in [1.29, 1.82) is 0 Å². The summed E-state index contributed by atoms with van der Waals surface area (Å²) in [6.07, 6.45) is 2.32. The molecule has 22 heavy (non-hydrogen) atoms. The minimum atomic E-state index is -0.295. The zero-order valence-electron chi connectivity index (χ0n) is 12.5. The van der Waals surface area contributed by atoms with Crippen molar-refractivity contribution >= 4 is 23.4 Å². The van der Waals surface area contributed by atoms with Crippen molar-refractivity contribution in [1.82, 2.24) is 5.32 Å². The van der Waals surface area contributed by atoms with Crippen molar-refractivity contribution in [2.75, 3.05) is 13.1 Å². The summed E-state index contributed by atoms with van der Waals surface area (Å²) in [7, 11) is 0. The van der Waals surface area contributed by atoms with Crippen molar-refractivity contribution in [2.45, 2.75) is 35.5 Å². The number of nitrogens with one attached hydrogen (secondary N) is 1. The highest BCUT2D eigenvalue weighted by Crippen LogP contribution is 2.40. The maximum Gasteiger partial charge on any atom is 0.124 e. The van der Waals surface area contributed by atoms with Crippen molar-refractivity contribution in [3.05, 3.63) is 58.4 Å². The fourth-order valence-corrected chi connectivity index (χ4v) is 4.18. The second-order valence-electron chi connectivity index (χ2n) is 5.74. The Bertz CT molecular complexity index is 668. The summed E-state index contributed by atoms with van der Waals surface area (Å²) in [6, 6.07) is 11.2. The van der Waals surface area contributed by atoms with Gasteiger partial charge in [-0.15, -0.1) is 0 Å². The summed E-state index contributed by atoms with van der Waals surface area (Å²) in [6.45, 7) is 4.27. The van der Waals surface area contributed by atoms with Crippen molar-refractivity contribution in [3.63, 3.8) is 0 Å². The fourth-order valence-electron chi connectivity index (χ4n) is 2.89. The third kappa shape index (κ3) is 3.65. The normalized spacial score (nSPS) is 16.0. The molecular formula is C18H19ClFNS. The van der Waals surface area contributed by atoms with Gasteiger partial charge in [0.25, 0.3) is 0 Å². The van der Waals surface area contributed by atoms with Crippen LogP contribution in [0.25, 0.3) is 0 Å². The van der Waals surface area contributed by atoms with Gasteiger partial charge in [-0.05, 0) is 68.6 Å². The van der Waals surface area contributed by atoms with Crippen LogP contribution < -0.4 is 5.32 Å². The first-order valence-corrected chi connectivity index (χ1v) is 8.77. The first-order valence-electron chi connectivity index (χ1n) is 7.57. The number of hydrogen-bond donors (Lipinski definition) is 1. The van der Waals surface area contributed by atoms with E-state index in [1.54, 1.807) is 17.8 Å². The van der Waals surface area contributed by atoms with Crippen LogP contribution in [0.15, 0.2) is 46.2 Å². The van der Waals surface area contributed by atoms with Crippen LogP contribution in [-0.4, -0.2) is 13.1 Å². The lowest BCUT2D eigenvalue weighted by molar-refractivity contribution is 0.456. The highest BCUT2D eigenvalue weighted by molar-refractivity contribution is 7.99. The molecule has 0 saturated carbocycles. The predicted octanol–water partition coefficient (Wildman–Crippen LogP) is 5.41. The van der Waals surface area contributed by atoms with Gasteiger partial charge in [0, 0.05) is 9.79 Å². The Morgan fingerprint density at radius 1 is 1.09 bits per heavy atom. The van der Waals surface area contributed by atoms with Gasteiger partial charge >= 0.3 is 0 Å². The van der Waals surface area contributed by atoms with Crippen molar-refractivity contribution in [2.24, 2.45) is 0 Å². The lowest BCUT2D eigenvalue weighted by Gasteiger charge is -2.25. The van der Waals surface area contributed by atoms with Crippen LogP contribution >= 0.6 is 23.4 Å². The zero-order valence-corrected chi connectivity index (χ0v) is 14.1. The van der Waals surface area contributed by atoms with Gasteiger partial charge in [-0.2, -0.15) is 0 Å². The third-order valence-corrected chi connectivity index (χ3v) is 5.65. The summed E-state index contributed by atoms with van der Waals surface area (Å²) in [5.74, 6) is 0.291. The quantitative estimate of drug-likeness (QED) is 0.805. The Morgan fingerprint density at radius 3 is 2.55 bits per heavy atom. The standard InChI is InChI=1S/C18H19ClFNS/c1-12-2-4-17(15(10-12)13-6-8-21-9-7-13)22-18-5-3-14(20)11-16(18)19/h2-5,10-11,13,21H,6-9H2,1H3. The fraction of sp³-hybridized carbons (Fsp3) is 0.333. The molecule has 1 saturated heterocycles. The maximum atomic E-state index is 13.2. The molecule has 1 nitrogen and oxygen atoms in total. The Balaban J connectivity index is 1.92. The molecular weight excluding hydrogens is 317 g/mol. The average molecular weight is 336 g/mol. The molecule has 1 aliphatic rings. The summed E-state index contributed by atoms with van der Waals surface area (Å²) < 4.78 is 13.2. The molecule has 0 aromatic heterocycles. The Hall–Kier alpha value is -1.03. The van der Waals surface area contributed by atoms with Crippen LogP contribution in [0.5, 0.6) is 0 Å². The van der Waals surface area contributed by atoms with Gasteiger partial charge in [-0.1, -0.05) is 41.1 Å². The second-order valence-corrected chi connectivity index (χ2v) is 7.23. The van der Waals surface area contributed by atoms with Gasteiger partial charge in [-0.25, -0.2) is 4.39 Å². The average Bonchev–Trinajstić information content (AvgIpc) is 2.52. The first-order chi connectivity index (χ1) is 10.6. The van der Waals surface area contributed by atoms with E-state index in [2.05, 4.69) is 30.4 Å². The maximum absolute atomic E-state index is 13.2. The molecule has 0 radical (unpaired) electrons. The van der Waals surface area contributed by atoms with E-state index in [0.717, 1.165) is 30.8 Å². The van der Waals surface area contributed by atoms with Crippen LogP contribution in [-0.2, 0) is 0 Å². The summed E-state index contributed by atoms with van der Waals surface area (Å²) in [4.78, 5) is 2.13. The van der Waals surface area contributed by atoms with E-state index in [0.29, 0.717) is 10.9 Å². The molecule has 2 aromatic carbocycles. The van der Waals surface area contributed by atoms with Gasteiger partial charge in [0.2, 0.25) is 0 Å².